The van der Waals surface area contributed by atoms with E-state index in [2.05, 4.69) is 11.9 Å². The molecule has 0 radical (unpaired) electrons. The minimum Gasteiger partial charge on any atom is -0.345 e. The molecule has 2 aromatic carbocycles. The quantitative estimate of drug-likeness (QED) is 0.499. The van der Waals surface area contributed by atoms with Gasteiger partial charge in [-0.25, -0.2) is 8.42 Å². The Morgan fingerprint density at radius 2 is 1.77 bits per heavy atom. The molecule has 1 aliphatic rings. The third-order valence-corrected chi connectivity index (χ3v) is 8.37. The number of aromatic nitrogens is 1. The van der Waals surface area contributed by atoms with E-state index in [4.69, 9.17) is 0 Å². The summed E-state index contributed by atoms with van der Waals surface area (Å²) in [6.07, 6.45) is 6.85. The fourth-order valence-corrected chi connectivity index (χ4v) is 6.06. The van der Waals surface area contributed by atoms with E-state index in [0.29, 0.717) is 25.2 Å². The van der Waals surface area contributed by atoms with Crippen LogP contribution in [0.25, 0.3) is 10.9 Å². The van der Waals surface area contributed by atoms with Gasteiger partial charge in [-0.05, 0) is 43.5 Å². The van der Waals surface area contributed by atoms with Crippen LogP contribution < -0.4 is 10.7 Å². The van der Waals surface area contributed by atoms with Crippen LogP contribution in [-0.4, -0.2) is 36.3 Å². The molecule has 0 saturated carbocycles. The van der Waals surface area contributed by atoms with Crippen molar-refractivity contribution in [1.29, 1.82) is 0 Å². The Labute approximate surface area is 206 Å². The molecule has 0 aliphatic carbocycles. The van der Waals surface area contributed by atoms with Gasteiger partial charge < -0.3 is 9.88 Å². The minimum atomic E-state index is -3.74. The Morgan fingerprint density at radius 1 is 1.09 bits per heavy atom. The SMILES string of the molecule is C=CCn1cc(C(=O)N[C@@H](C)c2ccccc2)c(=O)c2cc(S(=O)(=O)N3CCCCCC3)ccc21. The van der Waals surface area contributed by atoms with E-state index < -0.39 is 21.4 Å². The largest absolute Gasteiger partial charge is 0.345 e. The molecule has 1 N–H and O–H groups in total. The van der Waals surface area contributed by atoms with Crippen molar-refractivity contribution in [1.82, 2.24) is 14.2 Å². The van der Waals surface area contributed by atoms with E-state index in [-0.39, 0.29) is 21.9 Å². The molecule has 3 aromatic rings. The first kappa shape index (κ1) is 24.9. The van der Waals surface area contributed by atoms with Gasteiger partial charge in [-0.1, -0.05) is 49.2 Å². The predicted molar refractivity (Wildman–Crippen MR) is 138 cm³/mol. The summed E-state index contributed by atoms with van der Waals surface area (Å²) in [4.78, 5) is 26.7. The molecule has 1 fully saturated rings. The molecule has 184 valence electrons. The van der Waals surface area contributed by atoms with Crippen LogP contribution in [0.15, 0.2) is 77.1 Å². The second-order valence-electron chi connectivity index (χ2n) is 8.92. The number of fused-ring (bicyclic) bond motifs is 1. The molecule has 1 aliphatic heterocycles. The Morgan fingerprint density at radius 3 is 2.43 bits per heavy atom. The van der Waals surface area contributed by atoms with Gasteiger partial charge in [0, 0.05) is 31.2 Å². The zero-order chi connectivity index (χ0) is 25.0. The predicted octanol–water partition coefficient (Wildman–Crippen LogP) is 4.24. The summed E-state index contributed by atoms with van der Waals surface area (Å²) in [5, 5.41) is 3.08. The zero-order valence-corrected chi connectivity index (χ0v) is 20.8. The number of nitrogens with one attached hydrogen (secondary N) is 1. The number of hydrogen-bond donors (Lipinski definition) is 1. The molecule has 0 bridgehead atoms. The maximum absolute atomic E-state index is 13.4. The molecule has 1 saturated heterocycles. The number of rotatable bonds is 7. The summed E-state index contributed by atoms with van der Waals surface area (Å²) in [5.41, 5.74) is 0.939. The summed E-state index contributed by atoms with van der Waals surface area (Å²) in [5.74, 6) is -0.508. The molecule has 8 heteroatoms. The maximum Gasteiger partial charge on any atom is 0.257 e. The summed E-state index contributed by atoms with van der Waals surface area (Å²) >= 11 is 0. The van der Waals surface area contributed by atoms with Crippen molar-refractivity contribution in [2.45, 2.75) is 50.1 Å². The zero-order valence-electron chi connectivity index (χ0n) is 19.9. The van der Waals surface area contributed by atoms with Gasteiger partial charge >= 0.3 is 0 Å². The van der Waals surface area contributed by atoms with Gasteiger partial charge in [0.25, 0.3) is 5.91 Å². The van der Waals surface area contributed by atoms with Crippen molar-refractivity contribution in [3.05, 3.63) is 88.7 Å². The van der Waals surface area contributed by atoms with E-state index in [0.717, 1.165) is 31.2 Å². The van der Waals surface area contributed by atoms with E-state index in [1.807, 2.05) is 37.3 Å². The third kappa shape index (κ3) is 5.23. The van der Waals surface area contributed by atoms with Gasteiger partial charge in [0.2, 0.25) is 15.5 Å². The molecule has 0 spiro atoms. The summed E-state index contributed by atoms with van der Waals surface area (Å²) in [7, 11) is -3.74. The van der Waals surface area contributed by atoms with Crippen LogP contribution in [0.3, 0.4) is 0 Å². The number of hydrogen-bond acceptors (Lipinski definition) is 4. The maximum atomic E-state index is 13.4. The summed E-state index contributed by atoms with van der Waals surface area (Å²) in [6.45, 7) is 6.93. The van der Waals surface area contributed by atoms with E-state index in [9.17, 15) is 18.0 Å². The van der Waals surface area contributed by atoms with E-state index in [1.54, 1.807) is 22.8 Å². The average Bonchev–Trinajstić information content (AvgIpc) is 3.16. The second kappa shape index (κ2) is 10.6. The van der Waals surface area contributed by atoms with Crippen LogP contribution >= 0.6 is 0 Å². The minimum absolute atomic E-state index is 0.0357. The topological polar surface area (TPSA) is 88.5 Å². The van der Waals surface area contributed by atoms with Gasteiger partial charge in [0.1, 0.15) is 5.56 Å². The van der Waals surface area contributed by atoms with Crippen molar-refractivity contribution in [3.8, 4) is 0 Å². The summed E-state index contributed by atoms with van der Waals surface area (Å²) < 4.78 is 29.9. The lowest BCUT2D eigenvalue weighted by atomic mass is 10.1. The van der Waals surface area contributed by atoms with Crippen molar-refractivity contribution in [2.24, 2.45) is 0 Å². The number of benzene rings is 2. The van der Waals surface area contributed by atoms with Crippen molar-refractivity contribution in [3.63, 3.8) is 0 Å². The Balaban J connectivity index is 1.76. The number of sulfonamides is 1. The molecule has 4 rings (SSSR count). The molecule has 1 atom stereocenters. The lowest BCUT2D eigenvalue weighted by Gasteiger charge is -2.20. The van der Waals surface area contributed by atoms with Crippen molar-refractivity contribution >= 4 is 26.8 Å². The number of pyridine rings is 1. The van der Waals surface area contributed by atoms with Gasteiger partial charge in [-0.15, -0.1) is 6.58 Å². The first-order chi connectivity index (χ1) is 16.8. The number of allylic oxidation sites excluding steroid dienone is 1. The molecule has 35 heavy (non-hydrogen) atoms. The number of carbonyl (C=O) groups is 1. The molecule has 1 aromatic heterocycles. The Kier molecular flexibility index (Phi) is 7.52. The van der Waals surface area contributed by atoms with Crippen LogP contribution in [0.4, 0.5) is 0 Å². The van der Waals surface area contributed by atoms with Gasteiger partial charge in [-0.2, -0.15) is 4.31 Å². The Bertz CT molecular complexity index is 1390. The molecular formula is C27H31N3O4S. The number of nitrogens with zero attached hydrogens (tertiary/aromatic N) is 2. The van der Waals surface area contributed by atoms with Crippen molar-refractivity contribution in [2.75, 3.05) is 13.1 Å². The van der Waals surface area contributed by atoms with Crippen LogP contribution in [0.2, 0.25) is 0 Å². The fourth-order valence-electron chi connectivity index (χ4n) is 4.52. The summed E-state index contributed by atoms with van der Waals surface area (Å²) in [6, 6.07) is 13.8. The first-order valence-corrected chi connectivity index (χ1v) is 13.4. The standard InChI is InChI=1S/C27H31N3O4S/c1-3-15-29-19-24(27(32)28-20(2)21-11-7-6-8-12-21)26(31)23-18-22(13-14-25(23)29)35(33,34)30-16-9-4-5-10-17-30/h3,6-8,11-14,18-20H,1,4-5,9-10,15-17H2,2H3,(H,28,32)/t20-/m0/s1. The van der Waals surface area contributed by atoms with Crippen LogP contribution in [0.5, 0.6) is 0 Å². The van der Waals surface area contributed by atoms with E-state index in [1.165, 1.54) is 16.6 Å². The first-order valence-electron chi connectivity index (χ1n) is 12.0. The highest BCUT2D eigenvalue weighted by atomic mass is 32.2. The van der Waals surface area contributed by atoms with Crippen LogP contribution in [0, 0.1) is 0 Å². The van der Waals surface area contributed by atoms with Crippen LogP contribution in [-0.2, 0) is 16.6 Å². The highest BCUT2D eigenvalue weighted by molar-refractivity contribution is 7.89. The average molecular weight is 494 g/mol. The van der Waals surface area contributed by atoms with Gasteiger partial charge in [-0.3, -0.25) is 9.59 Å². The normalized spacial score (nSPS) is 15.9. The molecular weight excluding hydrogens is 462 g/mol. The monoisotopic (exact) mass is 493 g/mol. The third-order valence-electron chi connectivity index (χ3n) is 6.47. The molecule has 0 unspecified atom stereocenters. The van der Waals surface area contributed by atoms with E-state index >= 15 is 0 Å². The van der Waals surface area contributed by atoms with Gasteiger partial charge in [0.05, 0.1) is 16.5 Å². The lowest BCUT2D eigenvalue weighted by molar-refractivity contribution is 0.0938. The van der Waals surface area contributed by atoms with Crippen molar-refractivity contribution < 1.29 is 13.2 Å². The number of amides is 1. The highest BCUT2D eigenvalue weighted by Gasteiger charge is 2.26. The second-order valence-corrected chi connectivity index (χ2v) is 10.9. The lowest BCUT2D eigenvalue weighted by Crippen LogP contribution is -2.33. The molecule has 1 amide bonds. The smallest absolute Gasteiger partial charge is 0.257 e. The van der Waals surface area contributed by atoms with Gasteiger partial charge in [0.15, 0.2) is 0 Å². The highest BCUT2D eigenvalue weighted by Crippen LogP contribution is 2.24. The Hall–Kier alpha value is -3.23. The number of carbonyl (C=O) groups excluding carboxylic acids is 1. The fraction of sp³-hybridized carbons (Fsp3) is 0.333. The molecule has 2 heterocycles. The van der Waals surface area contributed by atoms with Crippen LogP contribution in [0.1, 0.15) is 54.6 Å². The molecule has 7 nitrogen and oxygen atoms in total.